The minimum atomic E-state index is 0.471. The molecule has 4 aromatic rings. The zero-order valence-electron chi connectivity index (χ0n) is 16.7. The number of pyridine rings is 2. The lowest BCUT2D eigenvalue weighted by Crippen LogP contribution is -2.24. The van der Waals surface area contributed by atoms with Crippen molar-refractivity contribution in [1.29, 1.82) is 0 Å². The number of nitrogens with one attached hydrogen (secondary N) is 1. The van der Waals surface area contributed by atoms with E-state index in [-0.39, 0.29) is 0 Å². The molecule has 0 fully saturated rings. The molecule has 3 N–H and O–H groups in total. The fourth-order valence-electron chi connectivity index (χ4n) is 3.98. The summed E-state index contributed by atoms with van der Waals surface area (Å²) in [6.45, 7) is 2.33. The molecule has 0 saturated carbocycles. The Labute approximate surface area is 174 Å². The molecule has 0 bridgehead atoms. The van der Waals surface area contributed by atoms with Crippen molar-refractivity contribution in [1.82, 2.24) is 19.5 Å². The molecule has 0 spiro atoms. The van der Waals surface area contributed by atoms with Gasteiger partial charge in [-0.05, 0) is 30.2 Å². The summed E-state index contributed by atoms with van der Waals surface area (Å²) in [6, 6.07) is 12.0. The van der Waals surface area contributed by atoms with Gasteiger partial charge in [-0.2, -0.15) is 0 Å². The molecule has 0 saturated heterocycles. The summed E-state index contributed by atoms with van der Waals surface area (Å²) in [5, 5.41) is 5.51. The Morgan fingerprint density at radius 3 is 2.97 bits per heavy atom. The first kappa shape index (κ1) is 18.4. The molecule has 152 valence electrons. The zero-order valence-corrected chi connectivity index (χ0v) is 16.7. The van der Waals surface area contributed by atoms with Crippen LogP contribution in [-0.2, 0) is 19.5 Å². The maximum absolute atomic E-state index is 6.02. The summed E-state index contributed by atoms with van der Waals surface area (Å²) < 4.78 is 8.24. The van der Waals surface area contributed by atoms with Crippen LogP contribution < -0.4 is 15.8 Å². The second-order valence-corrected chi connectivity index (χ2v) is 7.66. The van der Waals surface area contributed by atoms with E-state index in [0.717, 1.165) is 47.2 Å². The van der Waals surface area contributed by atoms with Gasteiger partial charge in [-0.1, -0.05) is 12.1 Å². The van der Waals surface area contributed by atoms with Crippen molar-refractivity contribution in [2.45, 2.75) is 25.9 Å². The Morgan fingerprint density at radius 2 is 2.00 bits per heavy atom. The first-order valence-corrected chi connectivity index (χ1v) is 10.2. The van der Waals surface area contributed by atoms with Crippen molar-refractivity contribution in [3.8, 4) is 5.88 Å². The van der Waals surface area contributed by atoms with Crippen molar-refractivity contribution in [2.24, 2.45) is 5.92 Å². The summed E-state index contributed by atoms with van der Waals surface area (Å²) in [4.78, 5) is 13.0. The van der Waals surface area contributed by atoms with E-state index in [9.17, 15) is 0 Å². The summed E-state index contributed by atoms with van der Waals surface area (Å²) in [5.74, 6) is 2.82. The van der Waals surface area contributed by atoms with Crippen LogP contribution in [0.5, 0.6) is 5.88 Å². The topological polar surface area (TPSA) is 90.9 Å². The standard InChI is InChI=1S/C23H24N6O/c24-23-19-2-1-3-20(18(19)5-8-27-23)28-14-16-4-7-26-22(13-16)30-15-17-6-10-29-11-9-25-21(29)12-17/h1-5,7-9,11,13,17,28H,6,10,12,14-15H2,(H2,24,27)/t17-/m0/s1. The first-order chi connectivity index (χ1) is 14.8. The number of rotatable bonds is 6. The van der Waals surface area contributed by atoms with E-state index in [1.54, 1.807) is 12.4 Å². The van der Waals surface area contributed by atoms with Gasteiger partial charge in [-0.3, -0.25) is 0 Å². The van der Waals surface area contributed by atoms with Gasteiger partial charge >= 0.3 is 0 Å². The molecular formula is C23H24N6O. The van der Waals surface area contributed by atoms with E-state index >= 15 is 0 Å². The average Bonchev–Trinajstić information content (AvgIpc) is 3.25. The molecule has 0 amide bonds. The Balaban J connectivity index is 1.22. The molecule has 1 aliphatic heterocycles. The van der Waals surface area contributed by atoms with Gasteiger partial charge in [-0.25, -0.2) is 15.0 Å². The lowest BCUT2D eigenvalue weighted by atomic mass is 9.99. The zero-order chi connectivity index (χ0) is 20.3. The number of hydrogen-bond acceptors (Lipinski definition) is 6. The predicted octanol–water partition coefficient (Wildman–Crippen LogP) is 3.66. The lowest BCUT2D eigenvalue weighted by Gasteiger charge is -2.23. The third-order valence-corrected chi connectivity index (χ3v) is 5.64. The molecule has 4 heterocycles. The fourth-order valence-corrected chi connectivity index (χ4v) is 3.98. The summed E-state index contributed by atoms with van der Waals surface area (Å²) >= 11 is 0. The number of nitrogens with zero attached hydrogens (tertiary/aromatic N) is 4. The van der Waals surface area contributed by atoms with Gasteiger partial charge in [0.25, 0.3) is 0 Å². The van der Waals surface area contributed by atoms with Gasteiger partial charge in [-0.15, -0.1) is 0 Å². The molecule has 7 nitrogen and oxygen atoms in total. The monoisotopic (exact) mass is 400 g/mol. The van der Waals surface area contributed by atoms with Crippen LogP contribution in [0.3, 0.4) is 0 Å². The highest BCUT2D eigenvalue weighted by Gasteiger charge is 2.19. The molecule has 0 aliphatic carbocycles. The van der Waals surface area contributed by atoms with Gasteiger partial charge in [0.05, 0.1) is 6.61 Å². The molecule has 5 rings (SSSR count). The molecule has 1 aromatic carbocycles. The third-order valence-electron chi connectivity index (χ3n) is 5.64. The van der Waals surface area contributed by atoms with Crippen LogP contribution in [0.4, 0.5) is 11.5 Å². The largest absolute Gasteiger partial charge is 0.477 e. The minimum absolute atomic E-state index is 0.471. The second kappa shape index (κ2) is 8.02. The minimum Gasteiger partial charge on any atom is -0.477 e. The van der Waals surface area contributed by atoms with Crippen molar-refractivity contribution in [2.75, 3.05) is 17.7 Å². The third kappa shape index (κ3) is 3.78. The van der Waals surface area contributed by atoms with Crippen molar-refractivity contribution in [3.63, 3.8) is 0 Å². The van der Waals surface area contributed by atoms with E-state index in [2.05, 4.69) is 24.8 Å². The summed E-state index contributed by atoms with van der Waals surface area (Å²) in [7, 11) is 0. The van der Waals surface area contributed by atoms with E-state index in [4.69, 9.17) is 10.5 Å². The van der Waals surface area contributed by atoms with Crippen molar-refractivity contribution < 1.29 is 4.74 Å². The predicted molar refractivity (Wildman–Crippen MR) is 117 cm³/mol. The number of nitrogen functional groups attached to an aromatic ring is 1. The number of aromatic nitrogens is 4. The van der Waals surface area contributed by atoms with Gasteiger partial charge in [0.15, 0.2) is 0 Å². The first-order valence-electron chi connectivity index (χ1n) is 10.2. The smallest absolute Gasteiger partial charge is 0.213 e. The normalized spacial score (nSPS) is 15.7. The number of imidazole rings is 1. The molecule has 0 unspecified atom stereocenters. The summed E-state index contributed by atoms with van der Waals surface area (Å²) in [6.07, 6.45) is 9.50. The van der Waals surface area contributed by atoms with Crippen LogP contribution in [0, 0.1) is 5.92 Å². The highest BCUT2D eigenvalue weighted by atomic mass is 16.5. The lowest BCUT2D eigenvalue weighted by molar-refractivity contribution is 0.212. The number of hydrogen-bond donors (Lipinski definition) is 2. The molecule has 1 aliphatic rings. The molecule has 3 aromatic heterocycles. The maximum atomic E-state index is 6.02. The molecule has 0 radical (unpaired) electrons. The van der Waals surface area contributed by atoms with Crippen molar-refractivity contribution >= 4 is 22.3 Å². The molecule has 30 heavy (non-hydrogen) atoms. The number of ether oxygens (including phenoxy) is 1. The second-order valence-electron chi connectivity index (χ2n) is 7.66. The van der Waals surface area contributed by atoms with E-state index < -0.39 is 0 Å². The van der Waals surface area contributed by atoms with E-state index in [1.165, 1.54) is 0 Å². The molecular weight excluding hydrogens is 376 g/mol. The highest BCUT2D eigenvalue weighted by Crippen LogP contribution is 2.27. The quantitative estimate of drug-likeness (QED) is 0.513. The van der Waals surface area contributed by atoms with Crippen LogP contribution in [0.2, 0.25) is 0 Å². The van der Waals surface area contributed by atoms with Crippen LogP contribution in [-0.4, -0.2) is 26.1 Å². The molecule has 7 heteroatoms. The fraction of sp³-hybridized carbons (Fsp3) is 0.261. The number of nitrogens with two attached hydrogens (primary N) is 1. The number of benzene rings is 1. The molecule has 1 atom stereocenters. The highest BCUT2D eigenvalue weighted by molar-refractivity contribution is 5.99. The average molecular weight is 400 g/mol. The van der Waals surface area contributed by atoms with Gasteiger partial charge < -0.3 is 20.4 Å². The Kier molecular flexibility index (Phi) is 4.93. The van der Waals surface area contributed by atoms with Crippen LogP contribution in [0.15, 0.2) is 61.2 Å². The number of fused-ring (bicyclic) bond motifs is 2. The van der Waals surface area contributed by atoms with E-state index in [1.807, 2.05) is 48.8 Å². The SMILES string of the molecule is Nc1nccc2c(NCc3ccnc(OC[C@H]4CCn5ccnc5C4)c3)cccc12. The van der Waals surface area contributed by atoms with Crippen molar-refractivity contribution in [3.05, 3.63) is 72.6 Å². The van der Waals surface area contributed by atoms with Crippen LogP contribution >= 0.6 is 0 Å². The van der Waals surface area contributed by atoms with Crippen LogP contribution in [0.25, 0.3) is 10.8 Å². The summed E-state index contributed by atoms with van der Waals surface area (Å²) in [5.41, 5.74) is 8.13. The Bertz CT molecular complexity index is 1170. The Hall–Kier alpha value is -3.61. The van der Waals surface area contributed by atoms with E-state index in [0.29, 0.717) is 30.8 Å². The number of anilines is 2. The Morgan fingerprint density at radius 1 is 1.07 bits per heavy atom. The number of aryl methyl sites for hydroxylation is 1. The maximum Gasteiger partial charge on any atom is 0.213 e. The van der Waals surface area contributed by atoms with Gasteiger partial charge in [0.1, 0.15) is 11.6 Å². The van der Waals surface area contributed by atoms with Crippen LogP contribution in [0.1, 0.15) is 17.8 Å². The van der Waals surface area contributed by atoms with Gasteiger partial charge in [0, 0.05) is 72.7 Å². The van der Waals surface area contributed by atoms with Gasteiger partial charge in [0.2, 0.25) is 5.88 Å².